The smallest absolute Gasteiger partial charge is 0.305 e. The molecule has 4 heteroatoms. The van der Waals surface area contributed by atoms with E-state index in [0.717, 1.165) is 5.56 Å². The Morgan fingerprint density at radius 1 is 1.22 bits per heavy atom. The van der Waals surface area contributed by atoms with Gasteiger partial charge >= 0.3 is 5.97 Å². The number of carbonyl (C=O) groups is 2. The first-order chi connectivity index (χ1) is 8.67. The summed E-state index contributed by atoms with van der Waals surface area (Å²) in [6.07, 6.45) is 1.17. The molecule has 0 heterocycles. The van der Waals surface area contributed by atoms with Gasteiger partial charge in [0.25, 0.3) is 0 Å². The van der Waals surface area contributed by atoms with Crippen molar-refractivity contribution < 1.29 is 14.3 Å². The molecule has 0 bridgehead atoms. The van der Waals surface area contributed by atoms with Crippen LogP contribution >= 0.6 is 12.2 Å². The van der Waals surface area contributed by atoms with Gasteiger partial charge < -0.3 is 4.74 Å². The van der Waals surface area contributed by atoms with Gasteiger partial charge in [-0.1, -0.05) is 36.5 Å². The SMILES string of the molecule is CCOC(=O)CCCC(=O)c1ccc(C=S)cc1. The van der Waals surface area contributed by atoms with E-state index in [0.29, 0.717) is 25.0 Å². The molecule has 1 aromatic carbocycles. The molecule has 3 nitrogen and oxygen atoms in total. The summed E-state index contributed by atoms with van der Waals surface area (Å²) in [7, 11) is 0. The second-order valence-corrected chi connectivity index (χ2v) is 4.06. The van der Waals surface area contributed by atoms with E-state index in [1.165, 1.54) is 0 Å². The van der Waals surface area contributed by atoms with E-state index in [2.05, 4.69) is 0 Å². The van der Waals surface area contributed by atoms with Crippen molar-refractivity contribution in [2.75, 3.05) is 6.61 Å². The van der Waals surface area contributed by atoms with Crippen molar-refractivity contribution in [1.29, 1.82) is 0 Å². The second kappa shape index (κ2) is 7.71. The van der Waals surface area contributed by atoms with Crippen molar-refractivity contribution in [3.8, 4) is 0 Å². The number of Topliss-reactive ketones (excluding diaryl/α,β-unsaturated/α-hetero) is 1. The number of carbonyl (C=O) groups excluding carboxylic acids is 2. The van der Waals surface area contributed by atoms with Gasteiger partial charge in [-0.25, -0.2) is 0 Å². The molecule has 0 spiro atoms. The zero-order valence-corrected chi connectivity index (χ0v) is 11.2. The average molecular weight is 264 g/mol. The molecule has 1 rings (SSSR count). The summed E-state index contributed by atoms with van der Waals surface area (Å²) in [6.45, 7) is 2.15. The Balaban J connectivity index is 2.40. The van der Waals surface area contributed by atoms with Crippen molar-refractivity contribution >= 4 is 29.3 Å². The normalized spacial score (nSPS) is 9.83. The monoisotopic (exact) mass is 264 g/mol. The van der Waals surface area contributed by atoms with Gasteiger partial charge in [-0.15, -0.1) is 0 Å². The van der Waals surface area contributed by atoms with E-state index in [1.54, 1.807) is 24.4 Å². The lowest BCUT2D eigenvalue weighted by molar-refractivity contribution is -0.143. The van der Waals surface area contributed by atoms with E-state index in [9.17, 15) is 9.59 Å². The van der Waals surface area contributed by atoms with Crippen LogP contribution in [0.15, 0.2) is 24.3 Å². The number of benzene rings is 1. The van der Waals surface area contributed by atoms with Crippen LogP contribution in [0, 0.1) is 0 Å². The number of thiocarbonyl (C=S) groups is 1. The van der Waals surface area contributed by atoms with Gasteiger partial charge in [-0.2, -0.15) is 0 Å². The molecule has 0 radical (unpaired) electrons. The summed E-state index contributed by atoms with van der Waals surface area (Å²) in [5.74, 6) is -0.212. The van der Waals surface area contributed by atoms with E-state index >= 15 is 0 Å². The lowest BCUT2D eigenvalue weighted by Crippen LogP contribution is -2.05. The number of hydrogen-bond acceptors (Lipinski definition) is 4. The van der Waals surface area contributed by atoms with Gasteiger partial charge in [0.15, 0.2) is 5.78 Å². The molecule has 0 aromatic heterocycles. The number of rotatable bonds is 7. The Bertz CT molecular complexity index is 423. The molecule has 96 valence electrons. The first-order valence-corrected chi connectivity index (χ1v) is 6.38. The molecule has 0 aliphatic heterocycles. The van der Waals surface area contributed by atoms with Gasteiger partial charge in [0.1, 0.15) is 0 Å². The third-order valence-corrected chi connectivity index (χ3v) is 2.73. The van der Waals surface area contributed by atoms with Crippen molar-refractivity contribution in [1.82, 2.24) is 0 Å². The molecule has 0 unspecified atom stereocenters. The van der Waals surface area contributed by atoms with E-state index in [4.69, 9.17) is 17.0 Å². The fourth-order valence-corrected chi connectivity index (χ4v) is 1.68. The van der Waals surface area contributed by atoms with Gasteiger partial charge in [-0.3, -0.25) is 9.59 Å². The van der Waals surface area contributed by atoms with Gasteiger partial charge in [-0.05, 0) is 18.9 Å². The zero-order chi connectivity index (χ0) is 13.4. The molecular weight excluding hydrogens is 248 g/mol. The summed E-state index contributed by atoms with van der Waals surface area (Å²) in [4.78, 5) is 22.9. The highest BCUT2D eigenvalue weighted by Crippen LogP contribution is 2.09. The average Bonchev–Trinajstić information content (AvgIpc) is 2.39. The van der Waals surface area contributed by atoms with Crippen molar-refractivity contribution in [2.24, 2.45) is 0 Å². The maximum absolute atomic E-state index is 11.8. The summed E-state index contributed by atoms with van der Waals surface area (Å²) < 4.78 is 4.79. The zero-order valence-electron chi connectivity index (χ0n) is 10.3. The minimum atomic E-state index is -0.249. The van der Waals surface area contributed by atoms with Crippen LogP contribution in [-0.4, -0.2) is 23.7 Å². The van der Waals surface area contributed by atoms with Crippen LogP contribution in [0.5, 0.6) is 0 Å². The van der Waals surface area contributed by atoms with E-state index in [-0.39, 0.29) is 18.2 Å². The molecule has 0 N–H and O–H groups in total. The Morgan fingerprint density at radius 2 is 1.89 bits per heavy atom. The molecule has 0 amide bonds. The highest BCUT2D eigenvalue weighted by Gasteiger charge is 2.07. The van der Waals surface area contributed by atoms with Gasteiger partial charge in [0.2, 0.25) is 0 Å². The summed E-state index contributed by atoms with van der Waals surface area (Å²) in [5, 5.41) is 1.56. The Kier molecular flexibility index (Phi) is 6.22. The molecule has 1 aromatic rings. The van der Waals surface area contributed by atoms with Crippen molar-refractivity contribution in [3.05, 3.63) is 35.4 Å². The standard InChI is InChI=1S/C14H16O3S/c1-2-17-14(16)5-3-4-13(15)12-8-6-11(10-18)7-9-12/h6-10H,2-5H2,1H3. The van der Waals surface area contributed by atoms with Crippen LogP contribution in [-0.2, 0) is 9.53 Å². The van der Waals surface area contributed by atoms with Gasteiger partial charge in [0.05, 0.1) is 6.61 Å². The minimum absolute atomic E-state index is 0.0372. The Hall–Kier alpha value is -1.55. The molecule has 18 heavy (non-hydrogen) atoms. The van der Waals surface area contributed by atoms with Crippen molar-refractivity contribution in [2.45, 2.75) is 26.2 Å². The fourth-order valence-electron chi connectivity index (χ4n) is 1.52. The van der Waals surface area contributed by atoms with Crippen LogP contribution in [0.4, 0.5) is 0 Å². The summed E-state index contributed by atoms with van der Waals surface area (Å²) in [5.41, 5.74) is 1.56. The summed E-state index contributed by atoms with van der Waals surface area (Å²) >= 11 is 4.79. The quantitative estimate of drug-likeness (QED) is 0.431. The predicted octanol–water partition coefficient (Wildman–Crippen LogP) is 2.95. The maximum atomic E-state index is 11.8. The largest absolute Gasteiger partial charge is 0.466 e. The molecule has 0 saturated carbocycles. The predicted molar refractivity (Wildman–Crippen MR) is 74.0 cm³/mol. The Morgan fingerprint density at radius 3 is 2.44 bits per heavy atom. The van der Waals surface area contributed by atoms with Crippen LogP contribution in [0.25, 0.3) is 0 Å². The lowest BCUT2D eigenvalue weighted by atomic mass is 10.0. The van der Waals surface area contributed by atoms with Crippen LogP contribution in [0.1, 0.15) is 42.1 Å². The molecule has 0 aliphatic rings. The first kappa shape index (κ1) is 14.5. The minimum Gasteiger partial charge on any atom is -0.466 e. The third-order valence-electron chi connectivity index (χ3n) is 2.46. The lowest BCUT2D eigenvalue weighted by Gasteiger charge is -2.02. The van der Waals surface area contributed by atoms with Crippen LogP contribution in [0.3, 0.4) is 0 Å². The van der Waals surface area contributed by atoms with E-state index in [1.807, 2.05) is 12.1 Å². The van der Waals surface area contributed by atoms with Crippen LogP contribution in [0.2, 0.25) is 0 Å². The number of hydrogen-bond donors (Lipinski definition) is 0. The van der Waals surface area contributed by atoms with Crippen LogP contribution < -0.4 is 0 Å². The second-order valence-electron chi connectivity index (χ2n) is 3.82. The fraction of sp³-hybridized carbons (Fsp3) is 0.357. The number of ketones is 1. The number of esters is 1. The van der Waals surface area contributed by atoms with Gasteiger partial charge in [0, 0.05) is 23.8 Å². The molecule has 0 saturated heterocycles. The highest BCUT2D eigenvalue weighted by atomic mass is 32.1. The van der Waals surface area contributed by atoms with E-state index < -0.39 is 0 Å². The molecular formula is C14H16O3S. The number of ether oxygens (including phenoxy) is 1. The molecule has 0 fully saturated rings. The first-order valence-electron chi connectivity index (χ1n) is 5.91. The molecule has 0 atom stereocenters. The summed E-state index contributed by atoms with van der Waals surface area (Å²) in [6, 6.07) is 7.13. The maximum Gasteiger partial charge on any atom is 0.305 e. The third kappa shape index (κ3) is 4.75. The molecule has 0 aliphatic carbocycles. The van der Waals surface area contributed by atoms with Crippen molar-refractivity contribution in [3.63, 3.8) is 0 Å². The Labute approximate surface area is 112 Å². The highest BCUT2D eigenvalue weighted by molar-refractivity contribution is 7.79. The topological polar surface area (TPSA) is 43.4 Å².